The highest BCUT2D eigenvalue weighted by Crippen LogP contribution is 2.35. The molecule has 1 fully saturated rings. The second-order valence-corrected chi connectivity index (χ2v) is 19.4. The molecule has 1 aromatic heterocycles. The minimum atomic E-state index is -5.40. The fraction of sp³-hybridized carbons (Fsp3) is 0.619. The maximum absolute atomic E-state index is 13.8. The molecule has 0 aromatic carbocycles. The van der Waals surface area contributed by atoms with Crippen molar-refractivity contribution in [3.8, 4) is 0 Å². The van der Waals surface area contributed by atoms with E-state index in [1.165, 1.54) is 26.4 Å². The Morgan fingerprint density at radius 3 is 1.80 bits per heavy atom. The number of aliphatic hydroxyl groups excluding tert-OH is 2. The van der Waals surface area contributed by atoms with Crippen LogP contribution < -0.4 is 65.5 Å². The predicted octanol–water partition coefficient (Wildman–Crippen LogP) is -9.59. The third-order valence-electron chi connectivity index (χ3n) is 11.4. The molecule has 2 heterocycles. The average molecular weight is 1150 g/mol. The summed E-state index contributed by atoms with van der Waals surface area (Å²) in [5.74, 6) is -15.3. The van der Waals surface area contributed by atoms with Gasteiger partial charge in [-0.05, 0) is 38.5 Å². The lowest BCUT2D eigenvalue weighted by atomic mass is 10.0. The number of primary amides is 1. The van der Waals surface area contributed by atoms with Gasteiger partial charge in [0.2, 0.25) is 59.1 Å². The van der Waals surface area contributed by atoms with Gasteiger partial charge in [0.05, 0.1) is 45.0 Å². The second-order valence-electron chi connectivity index (χ2n) is 18.1. The zero-order valence-electron chi connectivity index (χ0n) is 43.0. The third kappa shape index (κ3) is 23.3. The topological polar surface area (TPSA) is 597 Å². The van der Waals surface area contributed by atoms with Gasteiger partial charge in [-0.2, -0.15) is 0 Å². The van der Waals surface area contributed by atoms with Crippen LogP contribution in [-0.2, 0) is 73.0 Å². The number of aromatic nitrogens is 2. The number of imidazole rings is 1. The molecule has 2 rings (SSSR count). The van der Waals surface area contributed by atoms with Crippen molar-refractivity contribution < 1.29 is 96.8 Å². The Bertz CT molecular complexity index is 2420. The summed E-state index contributed by atoms with van der Waals surface area (Å²) < 4.78 is 16.1. The first-order valence-corrected chi connectivity index (χ1v) is 25.6. The van der Waals surface area contributed by atoms with Crippen LogP contribution in [0.15, 0.2) is 17.5 Å². The maximum atomic E-state index is 13.8. The zero-order valence-corrected chi connectivity index (χ0v) is 43.9. The monoisotopic (exact) mass is 1150 g/mol. The summed E-state index contributed by atoms with van der Waals surface area (Å²) in [7, 11) is -5.40. The van der Waals surface area contributed by atoms with Gasteiger partial charge >= 0.3 is 19.8 Å². The Morgan fingerprint density at radius 2 is 1.29 bits per heavy atom. The van der Waals surface area contributed by atoms with Gasteiger partial charge in [-0.15, -0.1) is 0 Å². The maximum Gasteiger partial charge on any atom is 0.469 e. The van der Waals surface area contributed by atoms with Crippen molar-refractivity contribution in [2.75, 3.05) is 32.9 Å². The molecule has 0 radical (unpaired) electrons. The molecule has 36 nitrogen and oxygen atoms in total. The molecule has 0 aliphatic carbocycles. The quantitative estimate of drug-likeness (QED) is 0.0132. The number of phosphoric acid groups is 1. The van der Waals surface area contributed by atoms with Crippen LogP contribution in [0.4, 0.5) is 0 Å². The standard InChI is InChI=1S/C42H69N16O20P/c1-18(2)31(39(71)53-24(41(73)74)10-20-13-47-17-49-20)57-34(66)23(12-29(44)61)52-38(70)28-7-5-9-58(28)40(72)19(3)50-37(69)27(16-78-79(75,76)77)56-36(68)26(15-60)55-35(67)25(14-59)54-33(65)22(6-4-8-48-42(45)46)51-32(64)21(43)11-30(62)63/h13,17-19,21-28,31,59-60H,4-12,14-16,43H2,1-3H3,(H2,44,61)(H,47,49)(H,50,69)(H,51,64)(H,52,70)(H,53,71)(H,54,65)(H,55,67)(H,56,68)(H,57,66)(H,62,63)(H,73,74)(H4,45,46,48)(H2,75,76,77)/t19-,21-,22-,23-,24-,25-,26-,27-,28-,31-/m0/s1. The second kappa shape index (κ2) is 32.1. The number of aromatic amines is 1. The van der Waals surface area contributed by atoms with Crippen LogP contribution >= 0.6 is 7.82 Å². The Hall–Kier alpha value is -7.89. The number of nitrogens with zero attached hydrogens (tertiary/aromatic N) is 3. The van der Waals surface area contributed by atoms with Crippen molar-refractivity contribution in [2.45, 2.75) is 126 Å². The number of rotatable bonds is 34. The SMILES string of the molecule is CC(C)[C@H](NC(=O)[C@H](CC(N)=O)NC(=O)[C@@H]1CCCN1C(=O)[C@H](C)NC(=O)[C@H](COP(=O)(O)O)NC(=O)[C@H](CO)NC(=O)[C@H](CO)NC(=O)[C@H](CCCN=C(N)N)NC(=O)[C@@H](N)CC(=O)O)C(=O)N[C@@H](Cc1cnc[nH]1)C(=O)O. The summed E-state index contributed by atoms with van der Waals surface area (Å²) in [5.41, 5.74) is 22.0. The number of nitrogens with one attached hydrogen (secondary N) is 9. The predicted molar refractivity (Wildman–Crippen MR) is 267 cm³/mol. The van der Waals surface area contributed by atoms with E-state index in [9.17, 15) is 87.2 Å². The number of H-pyrrole nitrogens is 1. The number of hydrogen-bond donors (Lipinski definition) is 19. The number of carbonyl (C=O) groups is 12. The normalized spacial score (nSPS) is 16.6. The van der Waals surface area contributed by atoms with E-state index in [0.29, 0.717) is 5.69 Å². The number of guanidine groups is 1. The molecule has 1 aromatic rings. The van der Waals surface area contributed by atoms with Crippen molar-refractivity contribution in [3.63, 3.8) is 0 Å². The summed E-state index contributed by atoms with van der Waals surface area (Å²) >= 11 is 0. The highest BCUT2D eigenvalue weighted by atomic mass is 31.2. The number of phosphoric ester groups is 1. The molecule has 37 heteroatoms. The number of likely N-dealkylation sites (tertiary alicyclic amines) is 1. The van der Waals surface area contributed by atoms with Crippen LogP contribution in [0.2, 0.25) is 0 Å². The van der Waals surface area contributed by atoms with Gasteiger partial charge in [0, 0.05) is 31.4 Å². The molecule has 23 N–H and O–H groups in total. The van der Waals surface area contributed by atoms with Crippen LogP contribution in [0, 0.1) is 5.92 Å². The van der Waals surface area contributed by atoms with E-state index in [-0.39, 0.29) is 51.2 Å². The third-order valence-corrected chi connectivity index (χ3v) is 11.9. The smallest absolute Gasteiger partial charge is 0.469 e. The number of amides is 10. The first-order valence-electron chi connectivity index (χ1n) is 24.1. The van der Waals surface area contributed by atoms with E-state index in [4.69, 9.17) is 28.0 Å². The summed E-state index contributed by atoms with van der Waals surface area (Å²) in [5, 5.41) is 56.4. The number of carboxylic acid groups (broad SMARTS) is 2. The Morgan fingerprint density at radius 1 is 0.747 bits per heavy atom. The molecule has 1 aliphatic rings. The molecular weight excluding hydrogens is 1080 g/mol. The van der Waals surface area contributed by atoms with E-state index in [2.05, 4.69) is 51.4 Å². The number of aliphatic imine (C=N–C) groups is 1. The van der Waals surface area contributed by atoms with Gasteiger partial charge in [-0.1, -0.05) is 13.8 Å². The number of aliphatic carboxylic acids is 2. The Labute approximate surface area is 449 Å². The molecule has 0 unspecified atom stereocenters. The first kappa shape index (κ1) is 67.2. The summed E-state index contributed by atoms with van der Waals surface area (Å²) in [4.78, 5) is 186. The van der Waals surface area contributed by atoms with Gasteiger partial charge in [-0.25, -0.2) is 14.3 Å². The molecule has 442 valence electrons. The zero-order chi connectivity index (χ0) is 59.9. The van der Waals surface area contributed by atoms with Gasteiger partial charge < -0.3 is 106 Å². The molecule has 1 aliphatic heterocycles. The molecule has 0 saturated carbocycles. The fourth-order valence-corrected chi connectivity index (χ4v) is 7.71. The molecule has 79 heavy (non-hydrogen) atoms. The Kier molecular flexibility index (Phi) is 27.3. The number of hydrogen-bond acceptors (Lipinski definition) is 19. The van der Waals surface area contributed by atoms with E-state index < -0.39 is 178 Å². The average Bonchev–Trinajstić information content (AvgIpc) is 4.09. The number of nitrogens with two attached hydrogens (primary N) is 4. The summed E-state index contributed by atoms with van der Waals surface area (Å²) in [6.45, 7) is 0.239. The van der Waals surface area contributed by atoms with E-state index >= 15 is 0 Å². The minimum absolute atomic E-state index is 0.0268. The summed E-state index contributed by atoms with van der Waals surface area (Å²) in [6.07, 6.45) is 0.749. The molecule has 0 spiro atoms. The fourth-order valence-electron chi connectivity index (χ4n) is 7.36. The molecule has 10 atom stereocenters. The van der Waals surface area contributed by atoms with E-state index in [0.717, 1.165) is 11.8 Å². The van der Waals surface area contributed by atoms with Gasteiger partial charge in [0.15, 0.2) is 5.96 Å². The van der Waals surface area contributed by atoms with Crippen LogP contribution in [0.25, 0.3) is 0 Å². The van der Waals surface area contributed by atoms with Crippen LogP contribution in [0.1, 0.15) is 65.0 Å². The molecule has 0 bridgehead atoms. The lowest BCUT2D eigenvalue weighted by Crippen LogP contribution is -2.61. The highest BCUT2D eigenvalue weighted by molar-refractivity contribution is 7.46. The molecule has 1 saturated heterocycles. The summed E-state index contributed by atoms with van der Waals surface area (Å²) in [6, 6.07) is -16.9. The van der Waals surface area contributed by atoms with E-state index in [1.54, 1.807) is 0 Å². The van der Waals surface area contributed by atoms with Gasteiger partial charge in [-0.3, -0.25) is 62.3 Å². The van der Waals surface area contributed by atoms with Crippen molar-refractivity contribution in [1.29, 1.82) is 0 Å². The van der Waals surface area contributed by atoms with Crippen LogP contribution in [0.3, 0.4) is 0 Å². The van der Waals surface area contributed by atoms with Crippen LogP contribution in [0.5, 0.6) is 0 Å². The first-order chi connectivity index (χ1) is 36.9. The highest BCUT2D eigenvalue weighted by Gasteiger charge is 2.40. The number of carbonyl (C=O) groups excluding carboxylic acids is 10. The lowest BCUT2D eigenvalue weighted by molar-refractivity contribution is -0.143. The van der Waals surface area contributed by atoms with Crippen molar-refractivity contribution in [1.82, 2.24) is 57.4 Å². The lowest BCUT2D eigenvalue weighted by Gasteiger charge is -2.30. The molecule has 10 amide bonds. The van der Waals surface area contributed by atoms with Crippen molar-refractivity contribution >= 4 is 84.8 Å². The van der Waals surface area contributed by atoms with Crippen molar-refractivity contribution in [2.24, 2.45) is 33.8 Å². The number of aliphatic hydroxyl groups is 2. The molecular formula is C42H69N16O20P. The van der Waals surface area contributed by atoms with E-state index in [1.807, 2.05) is 10.6 Å². The van der Waals surface area contributed by atoms with Gasteiger partial charge in [0.1, 0.15) is 54.4 Å². The van der Waals surface area contributed by atoms with Crippen LogP contribution in [-0.4, -0.2) is 215 Å². The Balaban J connectivity index is 2.23. The van der Waals surface area contributed by atoms with Crippen molar-refractivity contribution in [3.05, 3.63) is 18.2 Å². The van der Waals surface area contributed by atoms with Gasteiger partial charge in [0.25, 0.3) is 0 Å². The largest absolute Gasteiger partial charge is 0.481 e. The number of carboxylic acids is 2. The minimum Gasteiger partial charge on any atom is -0.481 e.